The number of rotatable bonds is 6. The van der Waals surface area contributed by atoms with Gasteiger partial charge in [0.2, 0.25) is 0 Å². The first-order valence-electron chi connectivity index (χ1n) is 7.06. The molecule has 0 fully saturated rings. The van der Waals surface area contributed by atoms with E-state index in [9.17, 15) is 4.39 Å². The average Bonchev–Trinajstić information content (AvgIpc) is 2.84. The second-order valence-corrected chi connectivity index (χ2v) is 5.82. The number of halogens is 1. The van der Waals surface area contributed by atoms with Crippen LogP contribution in [0.4, 0.5) is 4.39 Å². The molecule has 1 unspecified atom stereocenters. The lowest BCUT2D eigenvalue weighted by Crippen LogP contribution is -2.51. The molecular weight excluding hydrogens is 267 g/mol. The van der Waals surface area contributed by atoms with Crippen LogP contribution in [0.25, 0.3) is 0 Å². The van der Waals surface area contributed by atoms with E-state index in [-0.39, 0.29) is 11.4 Å². The highest BCUT2D eigenvalue weighted by Crippen LogP contribution is 2.21. The Balaban J connectivity index is 2.14. The number of benzene rings is 1. The van der Waals surface area contributed by atoms with Crippen LogP contribution in [0, 0.1) is 5.82 Å². The van der Waals surface area contributed by atoms with E-state index in [0.717, 1.165) is 11.4 Å². The van der Waals surface area contributed by atoms with Crippen LogP contribution in [0.5, 0.6) is 0 Å². The van der Waals surface area contributed by atoms with Crippen molar-refractivity contribution in [3.8, 4) is 0 Å². The van der Waals surface area contributed by atoms with Gasteiger partial charge in [-0.15, -0.1) is 0 Å². The van der Waals surface area contributed by atoms with Gasteiger partial charge < -0.3 is 10.3 Å². The van der Waals surface area contributed by atoms with Gasteiger partial charge in [0.15, 0.2) is 0 Å². The summed E-state index contributed by atoms with van der Waals surface area (Å²) in [6.45, 7) is 3.29. The van der Waals surface area contributed by atoms with Crippen molar-refractivity contribution in [3.63, 3.8) is 0 Å². The topological polar surface area (TPSA) is 47.1 Å². The number of hydrogen-bond donors (Lipinski definition) is 1. The van der Waals surface area contributed by atoms with Crippen molar-refractivity contribution < 1.29 is 4.39 Å². The first kappa shape index (κ1) is 15.7. The normalized spacial score (nSPS) is 14.4. The summed E-state index contributed by atoms with van der Waals surface area (Å²) in [5.41, 5.74) is 6.70. The number of imidazole rings is 1. The maximum absolute atomic E-state index is 13.3. The zero-order valence-electron chi connectivity index (χ0n) is 12.9. The molecule has 5 heteroatoms. The molecule has 0 aliphatic rings. The molecule has 0 aliphatic heterocycles. The standard InChI is InChI=1S/C16H23FN4/c1-16(12-18,10-13-5-4-6-14(17)9-13)21(3)11-15-19-7-8-20(15)2/h4-9H,10-12,18H2,1-3H3. The molecule has 0 amide bonds. The molecule has 1 aromatic heterocycles. The predicted molar refractivity (Wildman–Crippen MR) is 82.2 cm³/mol. The summed E-state index contributed by atoms with van der Waals surface area (Å²) in [5.74, 6) is 0.773. The SMILES string of the molecule is CN(Cc1nccn1C)C(C)(CN)Cc1cccc(F)c1. The van der Waals surface area contributed by atoms with Crippen molar-refractivity contribution in [2.75, 3.05) is 13.6 Å². The summed E-state index contributed by atoms with van der Waals surface area (Å²) in [6.07, 6.45) is 4.41. The number of hydrogen-bond acceptors (Lipinski definition) is 3. The minimum absolute atomic E-state index is 0.210. The zero-order valence-corrected chi connectivity index (χ0v) is 12.9. The van der Waals surface area contributed by atoms with Gasteiger partial charge in [-0.2, -0.15) is 0 Å². The molecule has 0 bridgehead atoms. The minimum atomic E-state index is -0.250. The minimum Gasteiger partial charge on any atom is -0.337 e. The summed E-state index contributed by atoms with van der Waals surface area (Å²) >= 11 is 0. The highest BCUT2D eigenvalue weighted by molar-refractivity contribution is 5.19. The predicted octanol–water partition coefficient (Wildman–Crippen LogP) is 1.95. The lowest BCUT2D eigenvalue weighted by atomic mass is 9.91. The number of nitrogens with zero attached hydrogens (tertiary/aromatic N) is 3. The molecule has 0 radical (unpaired) electrons. The second kappa shape index (κ2) is 6.37. The number of nitrogens with two attached hydrogens (primary N) is 1. The van der Waals surface area contributed by atoms with E-state index in [2.05, 4.69) is 16.8 Å². The van der Waals surface area contributed by atoms with Crippen molar-refractivity contribution in [3.05, 3.63) is 53.9 Å². The highest BCUT2D eigenvalue weighted by atomic mass is 19.1. The van der Waals surface area contributed by atoms with E-state index < -0.39 is 0 Å². The van der Waals surface area contributed by atoms with Crippen LogP contribution in [-0.2, 0) is 20.0 Å². The molecule has 1 atom stereocenters. The fourth-order valence-corrected chi connectivity index (χ4v) is 2.40. The van der Waals surface area contributed by atoms with Crippen LogP contribution in [0.3, 0.4) is 0 Å². The summed E-state index contributed by atoms with van der Waals surface area (Å²) in [7, 11) is 4.00. The van der Waals surface area contributed by atoms with Gasteiger partial charge in [0.1, 0.15) is 11.6 Å². The van der Waals surface area contributed by atoms with Crippen molar-refractivity contribution >= 4 is 0 Å². The van der Waals surface area contributed by atoms with E-state index in [0.29, 0.717) is 19.5 Å². The molecular formula is C16H23FN4. The van der Waals surface area contributed by atoms with Gasteiger partial charge in [-0.25, -0.2) is 9.37 Å². The lowest BCUT2D eigenvalue weighted by molar-refractivity contribution is 0.131. The van der Waals surface area contributed by atoms with Crippen molar-refractivity contribution in [1.29, 1.82) is 0 Å². The molecule has 1 heterocycles. The van der Waals surface area contributed by atoms with Crippen LogP contribution < -0.4 is 5.73 Å². The fraction of sp³-hybridized carbons (Fsp3) is 0.438. The smallest absolute Gasteiger partial charge is 0.123 e. The second-order valence-electron chi connectivity index (χ2n) is 5.82. The van der Waals surface area contributed by atoms with Crippen LogP contribution >= 0.6 is 0 Å². The van der Waals surface area contributed by atoms with Crippen LogP contribution in [0.1, 0.15) is 18.3 Å². The number of likely N-dealkylation sites (N-methyl/N-ethyl adjacent to an activating group) is 1. The largest absolute Gasteiger partial charge is 0.337 e. The van der Waals surface area contributed by atoms with E-state index in [1.165, 1.54) is 6.07 Å². The van der Waals surface area contributed by atoms with E-state index in [1.54, 1.807) is 18.3 Å². The Morgan fingerprint density at radius 2 is 2.19 bits per heavy atom. The summed E-state index contributed by atoms with van der Waals surface area (Å²) < 4.78 is 15.3. The maximum Gasteiger partial charge on any atom is 0.123 e. The average molecular weight is 290 g/mol. The van der Waals surface area contributed by atoms with E-state index in [4.69, 9.17) is 5.73 Å². The van der Waals surface area contributed by atoms with Crippen molar-refractivity contribution in [2.45, 2.75) is 25.4 Å². The monoisotopic (exact) mass is 290 g/mol. The Labute approximate surface area is 125 Å². The Bertz CT molecular complexity index is 595. The zero-order chi connectivity index (χ0) is 15.5. The van der Waals surface area contributed by atoms with Gasteiger partial charge >= 0.3 is 0 Å². The molecule has 21 heavy (non-hydrogen) atoms. The third-order valence-electron chi connectivity index (χ3n) is 4.13. The van der Waals surface area contributed by atoms with Gasteiger partial charge in [-0.3, -0.25) is 4.90 Å². The first-order chi connectivity index (χ1) is 9.94. The van der Waals surface area contributed by atoms with Crippen LogP contribution in [0.15, 0.2) is 36.7 Å². The molecule has 1 aromatic carbocycles. The third-order valence-corrected chi connectivity index (χ3v) is 4.13. The molecule has 0 spiro atoms. The van der Waals surface area contributed by atoms with Gasteiger partial charge in [0, 0.05) is 31.5 Å². The van der Waals surface area contributed by atoms with Gasteiger partial charge in [-0.1, -0.05) is 12.1 Å². The number of aryl methyl sites for hydroxylation is 1. The third kappa shape index (κ3) is 3.68. The van der Waals surface area contributed by atoms with Crippen molar-refractivity contribution in [1.82, 2.24) is 14.5 Å². The summed E-state index contributed by atoms with van der Waals surface area (Å²) in [4.78, 5) is 6.53. The Morgan fingerprint density at radius 1 is 1.43 bits per heavy atom. The Morgan fingerprint density at radius 3 is 2.76 bits per heavy atom. The summed E-state index contributed by atoms with van der Waals surface area (Å²) in [5, 5.41) is 0. The van der Waals surface area contributed by atoms with Gasteiger partial charge in [0.05, 0.1) is 6.54 Å². The van der Waals surface area contributed by atoms with Gasteiger partial charge in [-0.05, 0) is 38.1 Å². The Hall–Kier alpha value is -1.72. The number of aromatic nitrogens is 2. The van der Waals surface area contributed by atoms with Crippen molar-refractivity contribution in [2.24, 2.45) is 12.8 Å². The molecule has 2 aromatic rings. The highest BCUT2D eigenvalue weighted by Gasteiger charge is 2.29. The summed E-state index contributed by atoms with van der Waals surface area (Å²) in [6, 6.07) is 6.70. The van der Waals surface area contributed by atoms with Crippen LogP contribution in [0.2, 0.25) is 0 Å². The molecule has 0 saturated carbocycles. The van der Waals surface area contributed by atoms with Gasteiger partial charge in [0.25, 0.3) is 0 Å². The fourth-order valence-electron chi connectivity index (χ4n) is 2.40. The Kier molecular flexibility index (Phi) is 4.75. The van der Waals surface area contributed by atoms with E-state index >= 15 is 0 Å². The molecule has 114 valence electrons. The maximum atomic E-state index is 13.3. The van der Waals surface area contributed by atoms with Crippen LogP contribution in [-0.4, -0.2) is 33.6 Å². The first-order valence-corrected chi connectivity index (χ1v) is 7.06. The molecule has 4 nitrogen and oxygen atoms in total. The molecule has 0 saturated heterocycles. The quantitative estimate of drug-likeness (QED) is 0.884. The molecule has 2 rings (SSSR count). The molecule has 2 N–H and O–H groups in total. The lowest BCUT2D eigenvalue weighted by Gasteiger charge is -2.38. The van der Waals surface area contributed by atoms with E-state index in [1.807, 2.05) is 30.9 Å². The molecule has 0 aliphatic carbocycles.